The highest BCUT2D eigenvalue weighted by atomic mass is 35.5. The van der Waals surface area contributed by atoms with E-state index in [1.165, 1.54) is 17.3 Å². The van der Waals surface area contributed by atoms with E-state index in [0.717, 1.165) is 16.0 Å². The van der Waals surface area contributed by atoms with E-state index < -0.39 is 0 Å². The lowest BCUT2D eigenvalue weighted by Crippen LogP contribution is -2.26. The molecule has 3 aromatic carbocycles. The number of ether oxygens (including phenoxy) is 2. The van der Waals surface area contributed by atoms with Crippen LogP contribution in [-0.2, 0) is 11.4 Å². The maximum atomic E-state index is 12.4. The number of hydrazone groups is 1. The third-order valence-electron chi connectivity index (χ3n) is 4.64. The van der Waals surface area contributed by atoms with Gasteiger partial charge < -0.3 is 9.47 Å². The largest absolute Gasteiger partial charge is 0.490 e. The monoisotopic (exact) mass is 482 g/mol. The molecule has 7 heteroatoms. The SMILES string of the molecule is CCOc1cc(/C=N\NC(=O)[C@H](C)Sc2ccc(C)cc2)ccc1OCc1cccc(Cl)c1. The van der Waals surface area contributed by atoms with Crippen LogP contribution in [0.2, 0.25) is 5.02 Å². The molecule has 0 saturated carbocycles. The highest BCUT2D eigenvalue weighted by molar-refractivity contribution is 8.00. The lowest BCUT2D eigenvalue weighted by Gasteiger charge is -2.13. The Kier molecular flexibility index (Phi) is 9.22. The Balaban J connectivity index is 1.58. The van der Waals surface area contributed by atoms with E-state index in [2.05, 4.69) is 10.5 Å². The molecule has 5 nitrogen and oxygen atoms in total. The van der Waals surface area contributed by atoms with Crippen LogP contribution in [0.5, 0.6) is 11.5 Å². The van der Waals surface area contributed by atoms with Gasteiger partial charge >= 0.3 is 0 Å². The van der Waals surface area contributed by atoms with Crippen LogP contribution < -0.4 is 14.9 Å². The summed E-state index contributed by atoms with van der Waals surface area (Å²) < 4.78 is 11.7. The Morgan fingerprint density at radius 3 is 2.61 bits per heavy atom. The molecule has 0 unspecified atom stereocenters. The number of nitrogens with zero attached hydrogens (tertiary/aromatic N) is 1. The maximum Gasteiger partial charge on any atom is 0.253 e. The van der Waals surface area contributed by atoms with Crippen molar-refractivity contribution in [3.8, 4) is 11.5 Å². The number of nitrogens with one attached hydrogen (secondary N) is 1. The predicted molar refractivity (Wildman–Crippen MR) is 136 cm³/mol. The summed E-state index contributed by atoms with van der Waals surface area (Å²) in [4.78, 5) is 13.4. The number of hydrogen-bond donors (Lipinski definition) is 1. The van der Waals surface area contributed by atoms with E-state index in [-0.39, 0.29) is 11.2 Å². The van der Waals surface area contributed by atoms with E-state index in [9.17, 15) is 4.79 Å². The molecule has 0 aliphatic carbocycles. The maximum absolute atomic E-state index is 12.4. The fraction of sp³-hybridized carbons (Fsp3) is 0.231. The molecular weight excluding hydrogens is 456 g/mol. The molecule has 0 radical (unpaired) electrons. The second-order valence-electron chi connectivity index (χ2n) is 7.37. The Morgan fingerprint density at radius 2 is 1.88 bits per heavy atom. The van der Waals surface area contributed by atoms with Gasteiger partial charge in [-0.1, -0.05) is 41.4 Å². The van der Waals surface area contributed by atoms with Crippen molar-refractivity contribution in [2.75, 3.05) is 6.61 Å². The van der Waals surface area contributed by atoms with E-state index >= 15 is 0 Å². The lowest BCUT2D eigenvalue weighted by atomic mass is 10.2. The van der Waals surface area contributed by atoms with Gasteiger partial charge in [0.2, 0.25) is 0 Å². The fourth-order valence-electron chi connectivity index (χ4n) is 2.92. The first-order valence-corrected chi connectivity index (χ1v) is 11.9. The minimum absolute atomic E-state index is 0.164. The molecule has 33 heavy (non-hydrogen) atoms. The van der Waals surface area contributed by atoms with Crippen LogP contribution in [0.3, 0.4) is 0 Å². The number of halogens is 1. The summed E-state index contributed by atoms with van der Waals surface area (Å²) in [6.07, 6.45) is 1.59. The smallest absolute Gasteiger partial charge is 0.253 e. The standard InChI is InChI=1S/C26H27ClN2O3S/c1-4-31-25-15-20(10-13-24(25)32-17-21-6-5-7-22(27)14-21)16-28-29-26(30)19(3)33-23-11-8-18(2)9-12-23/h5-16,19H,4,17H2,1-3H3,(H,29,30)/b28-16-/t19-/m0/s1. The zero-order valence-corrected chi connectivity index (χ0v) is 20.5. The van der Waals surface area contributed by atoms with E-state index in [1.807, 2.05) is 87.5 Å². The van der Waals surface area contributed by atoms with Gasteiger partial charge in [-0.3, -0.25) is 4.79 Å². The second kappa shape index (κ2) is 12.3. The molecule has 0 aromatic heterocycles. The summed E-state index contributed by atoms with van der Waals surface area (Å²) in [5.41, 5.74) is 5.55. The molecule has 0 fully saturated rings. The minimum Gasteiger partial charge on any atom is -0.490 e. The van der Waals surface area contributed by atoms with Crippen molar-refractivity contribution in [3.63, 3.8) is 0 Å². The van der Waals surface area contributed by atoms with Gasteiger partial charge in [0.25, 0.3) is 5.91 Å². The van der Waals surface area contributed by atoms with Crippen molar-refractivity contribution >= 4 is 35.5 Å². The van der Waals surface area contributed by atoms with Gasteiger partial charge in [-0.05, 0) is 74.4 Å². The average molecular weight is 483 g/mol. The zero-order chi connectivity index (χ0) is 23.6. The zero-order valence-electron chi connectivity index (χ0n) is 18.9. The lowest BCUT2D eigenvalue weighted by molar-refractivity contribution is -0.120. The first-order chi connectivity index (χ1) is 15.9. The highest BCUT2D eigenvalue weighted by Gasteiger charge is 2.13. The summed E-state index contributed by atoms with van der Waals surface area (Å²) in [6.45, 7) is 6.68. The summed E-state index contributed by atoms with van der Waals surface area (Å²) in [5, 5.41) is 4.50. The number of aryl methyl sites for hydroxylation is 1. The van der Waals surface area contributed by atoms with Crippen LogP contribution >= 0.6 is 23.4 Å². The summed E-state index contributed by atoms with van der Waals surface area (Å²) >= 11 is 7.53. The summed E-state index contributed by atoms with van der Waals surface area (Å²) in [5.74, 6) is 1.07. The van der Waals surface area contributed by atoms with Gasteiger partial charge in [-0.25, -0.2) is 5.43 Å². The van der Waals surface area contributed by atoms with Crippen molar-refractivity contribution in [3.05, 3.63) is 88.4 Å². The highest BCUT2D eigenvalue weighted by Crippen LogP contribution is 2.29. The molecule has 0 bridgehead atoms. The Labute approximate surface area is 204 Å². The van der Waals surface area contributed by atoms with E-state index in [4.69, 9.17) is 21.1 Å². The van der Waals surface area contributed by atoms with Crippen molar-refractivity contribution in [1.29, 1.82) is 0 Å². The number of carbonyl (C=O) groups is 1. The first kappa shape index (κ1) is 24.7. The van der Waals surface area contributed by atoms with Gasteiger partial charge in [0, 0.05) is 9.92 Å². The minimum atomic E-state index is -0.272. The van der Waals surface area contributed by atoms with Crippen LogP contribution in [0.15, 0.2) is 76.7 Å². The molecule has 0 aliphatic rings. The topological polar surface area (TPSA) is 59.9 Å². The van der Waals surface area contributed by atoms with Crippen LogP contribution in [0.4, 0.5) is 0 Å². The molecule has 1 amide bonds. The van der Waals surface area contributed by atoms with Crippen LogP contribution in [0, 0.1) is 6.92 Å². The van der Waals surface area contributed by atoms with Crippen LogP contribution in [0.1, 0.15) is 30.5 Å². The molecule has 0 saturated heterocycles. The first-order valence-electron chi connectivity index (χ1n) is 10.6. The van der Waals surface area contributed by atoms with Gasteiger partial charge in [-0.2, -0.15) is 5.10 Å². The normalized spacial score (nSPS) is 11.9. The van der Waals surface area contributed by atoms with Gasteiger partial charge in [0.1, 0.15) is 6.61 Å². The van der Waals surface area contributed by atoms with Crippen molar-refractivity contribution < 1.29 is 14.3 Å². The number of carbonyl (C=O) groups excluding carboxylic acids is 1. The number of thioether (sulfide) groups is 1. The number of rotatable bonds is 10. The van der Waals surface area contributed by atoms with Crippen molar-refractivity contribution in [1.82, 2.24) is 5.43 Å². The number of hydrogen-bond acceptors (Lipinski definition) is 5. The third kappa shape index (κ3) is 7.84. The molecule has 3 rings (SSSR count). The molecule has 172 valence electrons. The van der Waals surface area contributed by atoms with E-state index in [0.29, 0.717) is 29.7 Å². The van der Waals surface area contributed by atoms with Crippen LogP contribution in [0.25, 0.3) is 0 Å². The number of benzene rings is 3. The Morgan fingerprint density at radius 1 is 1.09 bits per heavy atom. The third-order valence-corrected chi connectivity index (χ3v) is 5.99. The molecular formula is C26H27ClN2O3S. The Hall–Kier alpha value is -2.96. The van der Waals surface area contributed by atoms with Crippen LogP contribution in [-0.4, -0.2) is 24.0 Å². The molecule has 1 atom stereocenters. The van der Waals surface area contributed by atoms with E-state index in [1.54, 1.807) is 6.21 Å². The van der Waals surface area contributed by atoms with Crippen molar-refractivity contribution in [2.24, 2.45) is 5.10 Å². The quantitative estimate of drug-likeness (QED) is 0.210. The average Bonchev–Trinajstić information content (AvgIpc) is 2.80. The number of amides is 1. The molecule has 0 heterocycles. The predicted octanol–water partition coefficient (Wildman–Crippen LogP) is 6.26. The fourth-order valence-corrected chi connectivity index (χ4v) is 3.99. The van der Waals surface area contributed by atoms with Gasteiger partial charge in [0.15, 0.2) is 11.5 Å². The molecule has 0 aliphatic heterocycles. The van der Waals surface area contributed by atoms with Crippen molar-refractivity contribution in [2.45, 2.75) is 37.5 Å². The van der Waals surface area contributed by atoms with Gasteiger partial charge in [0.05, 0.1) is 18.1 Å². The Bertz CT molecular complexity index is 1100. The van der Waals surface area contributed by atoms with Gasteiger partial charge in [-0.15, -0.1) is 11.8 Å². The molecule has 3 aromatic rings. The molecule has 0 spiro atoms. The summed E-state index contributed by atoms with van der Waals surface area (Å²) in [6, 6.07) is 21.1. The second-order valence-corrected chi connectivity index (χ2v) is 9.22. The summed E-state index contributed by atoms with van der Waals surface area (Å²) in [7, 11) is 0. The molecule has 1 N–H and O–H groups in total.